The van der Waals surface area contributed by atoms with Crippen molar-refractivity contribution in [3.8, 4) is 0 Å². The fraction of sp³-hybridized carbons (Fsp3) is 0.429. The van der Waals surface area contributed by atoms with Crippen molar-refractivity contribution in [3.63, 3.8) is 0 Å². The number of hydrogen-bond acceptors (Lipinski definition) is 1. The standard InChI is InChI=1S/C14H18S/c1-10-7-12-6-5-11(8-13(12)15-10)9-14(2,3)4/h5-8H,9H2,1-4H3/i7D. The summed E-state index contributed by atoms with van der Waals surface area (Å²) in [5.41, 5.74) is 1.70. The Morgan fingerprint density at radius 1 is 1.33 bits per heavy atom. The lowest BCUT2D eigenvalue weighted by Gasteiger charge is -2.17. The van der Waals surface area contributed by atoms with E-state index in [0.717, 1.165) is 16.7 Å². The molecule has 0 saturated heterocycles. The molecule has 0 spiro atoms. The zero-order chi connectivity index (χ0) is 11.9. The van der Waals surface area contributed by atoms with E-state index in [1.165, 1.54) is 10.3 Å². The second kappa shape index (κ2) is 3.64. The monoisotopic (exact) mass is 219 g/mol. The minimum Gasteiger partial charge on any atom is -0.141 e. The van der Waals surface area contributed by atoms with Gasteiger partial charge in [0.1, 0.15) is 0 Å². The molecule has 2 aromatic rings. The molecule has 0 saturated carbocycles. The maximum atomic E-state index is 7.93. The number of aryl methyl sites for hydroxylation is 1. The quantitative estimate of drug-likeness (QED) is 0.646. The Labute approximate surface area is 97.3 Å². The Morgan fingerprint density at radius 3 is 2.73 bits per heavy atom. The Morgan fingerprint density at radius 2 is 2.07 bits per heavy atom. The molecule has 2 rings (SSSR count). The summed E-state index contributed by atoms with van der Waals surface area (Å²) in [5, 5.41) is 1.10. The fourth-order valence-electron chi connectivity index (χ4n) is 1.86. The van der Waals surface area contributed by atoms with E-state index < -0.39 is 0 Å². The highest BCUT2D eigenvalue weighted by Crippen LogP contribution is 2.28. The third kappa shape index (κ3) is 2.60. The zero-order valence-electron chi connectivity index (χ0n) is 10.8. The molecular formula is C14H18S. The van der Waals surface area contributed by atoms with Gasteiger partial charge in [0.25, 0.3) is 0 Å². The van der Waals surface area contributed by atoms with Gasteiger partial charge >= 0.3 is 0 Å². The van der Waals surface area contributed by atoms with E-state index in [2.05, 4.69) is 39.0 Å². The first-order valence-corrected chi connectivity index (χ1v) is 6.17. The Kier molecular flexibility index (Phi) is 2.28. The van der Waals surface area contributed by atoms with Gasteiger partial charge in [-0.25, -0.2) is 0 Å². The van der Waals surface area contributed by atoms with E-state index in [-0.39, 0.29) is 0 Å². The fourth-order valence-corrected chi connectivity index (χ4v) is 2.79. The topological polar surface area (TPSA) is 0 Å². The lowest BCUT2D eigenvalue weighted by Crippen LogP contribution is -2.08. The zero-order valence-corrected chi connectivity index (χ0v) is 10.7. The van der Waals surface area contributed by atoms with Crippen LogP contribution in [-0.2, 0) is 6.42 Å². The summed E-state index contributed by atoms with van der Waals surface area (Å²) in [7, 11) is 0. The summed E-state index contributed by atoms with van der Waals surface area (Å²) in [4.78, 5) is 1.11. The van der Waals surface area contributed by atoms with E-state index in [1.807, 2.05) is 6.92 Å². The van der Waals surface area contributed by atoms with Gasteiger partial charge in [-0.1, -0.05) is 32.9 Å². The molecule has 0 aliphatic carbocycles. The van der Waals surface area contributed by atoms with E-state index in [4.69, 9.17) is 1.37 Å². The van der Waals surface area contributed by atoms with Crippen LogP contribution in [0.3, 0.4) is 0 Å². The van der Waals surface area contributed by atoms with Gasteiger partial charge in [-0.2, -0.15) is 0 Å². The third-order valence-electron chi connectivity index (χ3n) is 2.35. The van der Waals surface area contributed by atoms with Gasteiger partial charge in [0, 0.05) is 9.58 Å². The predicted octanol–water partition coefficient (Wildman–Crippen LogP) is 4.80. The Hall–Kier alpha value is -0.820. The summed E-state index contributed by atoms with van der Waals surface area (Å²) in [6.07, 6.45) is 1.09. The summed E-state index contributed by atoms with van der Waals surface area (Å²) >= 11 is 1.73. The normalized spacial score (nSPS) is 13.2. The van der Waals surface area contributed by atoms with Crippen LogP contribution in [0, 0.1) is 12.3 Å². The molecule has 0 atom stereocenters. The van der Waals surface area contributed by atoms with E-state index >= 15 is 0 Å². The number of thiophene rings is 1. The summed E-state index contributed by atoms with van der Waals surface area (Å²) in [6.45, 7) is 8.79. The van der Waals surface area contributed by atoms with Crippen LogP contribution < -0.4 is 0 Å². The highest BCUT2D eigenvalue weighted by molar-refractivity contribution is 7.19. The molecule has 0 aliphatic rings. The van der Waals surface area contributed by atoms with E-state index in [1.54, 1.807) is 11.3 Å². The molecule has 0 N–H and O–H groups in total. The number of hydrogen-bond donors (Lipinski definition) is 0. The molecule has 1 aromatic heterocycles. The second-order valence-electron chi connectivity index (χ2n) is 5.35. The van der Waals surface area contributed by atoms with Crippen molar-refractivity contribution in [2.45, 2.75) is 34.1 Å². The van der Waals surface area contributed by atoms with Gasteiger partial charge in [-0.05, 0) is 41.8 Å². The van der Waals surface area contributed by atoms with Crippen LogP contribution in [0.15, 0.2) is 24.2 Å². The Bertz CT molecular complexity index is 517. The molecule has 0 bridgehead atoms. The molecule has 0 amide bonds. The number of benzene rings is 1. The van der Waals surface area contributed by atoms with Crippen LogP contribution >= 0.6 is 11.3 Å². The van der Waals surface area contributed by atoms with Gasteiger partial charge in [0.05, 0.1) is 1.37 Å². The van der Waals surface area contributed by atoms with Gasteiger partial charge in [0.2, 0.25) is 0 Å². The molecule has 1 heteroatoms. The van der Waals surface area contributed by atoms with Gasteiger partial charge < -0.3 is 0 Å². The molecule has 0 unspecified atom stereocenters. The van der Waals surface area contributed by atoms with E-state index in [0.29, 0.717) is 11.5 Å². The molecule has 0 nitrogen and oxygen atoms in total. The SMILES string of the molecule is [2H]c1c(C)sc2cc(CC(C)(C)C)ccc12. The number of rotatable bonds is 1. The molecule has 0 radical (unpaired) electrons. The molecular weight excluding hydrogens is 200 g/mol. The largest absolute Gasteiger partial charge is 0.141 e. The van der Waals surface area contributed by atoms with Crippen LogP contribution in [-0.4, -0.2) is 0 Å². The first-order chi connectivity index (χ1) is 7.37. The molecule has 1 aromatic carbocycles. The molecule has 15 heavy (non-hydrogen) atoms. The van der Waals surface area contributed by atoms with E-state index in [9.17, 15) is 0 Å². The maximum Gasteiger partial charge on any atom is 0.0641 e. The summed E-state index contributed by atoms with van der Waals surface area (Å²) in [6, 6.07) is 7.21. The van der Waals surface area contributed by atoms with Gasteiger partial charge in [-0.3, -0.25) is 0 Å². The lowest BCUT2D eigenvalue weighted by atomic mass is 9.88. The first kappa shape index (κ1) is 9.41. The number of fused-ring (bicyclic) bond motifs is 1. The maximum absolute atomic E-state index is 7.93. The Balaban J connectivity index is 2.45. The van der Waals surface area contributed by atoms with Crippen LogP contribution in [0.5, 0.6) is 0 Å². The van der Waals surface area contributed by atoms with Crippen LogP contribution in [0.2, 0.25) is 0 Å². The van der Waals surface area contributed by atoms with Crippen molar-refractivity contribution in [1.82, 2.24) is 0 Å². The summed E-state index contributed by atoms with van der Waals surface area (Å²) < 4.78 is 9.18. The molecule has 0 fully saturated rings. The van der Waals surface area contributed by atoms with Crippen LogP contribution in [0.25, 0.3) is 10.1 Å². The minimum atomic E-state index is 0.323. The summed E-state index contributed by atoms with van der Waals surface area (Å²) in [5.74, 6) is 0. The van der Waals surface area contributed by atoms with Crippen molar-refractivity contribution in [3.05, 3.63) is 34.7 Å². The predicted molar refractivity (Wildman–Crippen MR) is 69.7 cm³/mol. The van der Waals surface area contributed by atoms with Crippen molar-refractivity contribution >= 4 is 21.4 Å². The van der Waals surface area contributed by atoms with Gasteiger partial charge in [0.15, 0.2) is 0 Å². The average Bonchev–Trinajstić information content (AvgIpc) is 2.40. The second-order valence-corrected chi connectivity index (χ2v) is 6.61. The van der Waals surface area contributed by atoms with Gasteiger partial charge in [-0.15, -0.1) is 11.3 Å². The first-order valence-electron chi connectivity index (χ1n) is 5.85. The van der Waals surface area contributed by atoms with Crippen molar-refractivity contribution in [1.29, 1.82) is 0 Å². The minimum absolute atomic E-state index is 0.323. The third-order valence-corrected chi connectivity index (χ3v) is 3.32. The highest BCUT2D eigenvalue weighted by Gasteiger charge is 2.11. The highest BCUT2D eigenvalue weighted by atomic mass is 32.1. The molecule has 1 heterocycles. The van der Waals surface area contributed by atoms with Crippen molar-refractivity contribution < 1.29 is 1.37 Å². The smallest absolute Gasteiger partial charge is 0.0641 e. The van der Waals surface area contributed by atoms with Crippen molar-refractivity contribution in [2.24, 2.45) is 5.41 Å². The average molecular weight is 219 g/mol. The van der Waals surface area contributed by atoms with Crippen LogP contribution in [0.1, 0.15) is 32.6 Å². The molecule has 80 valence electrons. The van der Waals surface area contributed by atoms with Crippen LogP contribution in [0.4, 0.5) is 0 Å². The van der Waals surface area contributed by atoms with Crippen molar-refractivity contribution in [2.75, 3.05) is 0 Å². The lowest BCUT2D eigenvalue weighted by molar-refractivity contribution is 0.411. The molecule has 0 aliphatic heterocycles.